The number of benzene rings is 1. The van der Waals surface area contributed by atoms with Gasteiger partial charge in [-0.2, -0.15) is 0 Å². The largest absolute Gasteiger partial charge is 0.459 e. The molecule has 6 heteroatoms. The van der Waals surface area contributed by atoms with E-state index in [1.165, 1.54) is 11.8 Å². The molecule has 0 saturated heterocycles. The molecule has 0 fully saturated rings. The first-order chi connectivity index (χ1) is 9.35. The van der Waals surface area contributed by atoms with Crippen molar-refractivity contribution in [1.82, 2.24) is 9.97 Å². The number of esters is 1. The predicted octanol–water partition coefficient (Wildman–Crippen LogP) is 3.72. The van der Waals surface area contributed by atoms with Crippen molar-refractivity contribution in [3.63, 3.8) is 0 Å². The number of halogens is 1. The summed E-state index contributed by atoms with van der Waals surface area (Å²) in [5.41, 5.74) is 0.280. The summed E-state index contributed by atoms with van der Waals surface area (Å²) in [4.78, 5) is 20.1. The molecule has 4 nitrogen and oxygen atoms in total. The first-order valence-corrected chi connectivity index (χ1v) is 7.48. The van der Waals surface area contributed by atoms with Crippen molar-refractivity contribution in [2.24, 2.45) is 0 Å². The minimum atomic E-state index is -0.483. The first kappa shape index (κ1) is 15.1. The molecule has 1 aromatic carbocycles. The van der Waals surface area contributed by atoms with Crippen LogP contribution in [0.2, 0.25) is 5.28 Å². The highest BCUT2D eigenvalue weighted by molar-refractivity contribution is 8.00. The van der Waals surface area contributed by atoms with Crippen molar-refractivity contribution in [1.29, 1.82) is 0 Å². The molecule has 20 heavy (non-hydrogen) atoms. The Hall–Kier alpha value is -1.33. The number of ether oxygens (including phenoxy) is 1. The molecule has 2 rings (SSSR count). The Labute approximate surface area is 126 Å². The second kappa shape index (κ2) is 5.97. The molecule has 0 spiro atoms. The molecule has 2 aromatic rings. The zero-order valence-corrected chi connectivity index (χ0v) is 13.1. The van der Waals surface area contributed by atoms with Gasteiger partial charge >= 0.3 is 5.97 Å². The van der Waals surface area contributed by atoms with E-state index in [9.17, 15) is 4.79 Å². The molecule has 0 saturated carbocycles. The molecule has 0 bridgehead atoms. The van der Waals surface area contributed by atoms with Crippen LogP contribution in [0.5, 0.6) is 0 Å². The molecule has 0 radical (unpaired) electrons. The first-order valence-electron chi connectivity index (χ1n) is 6.12. The molecule has 1 heterocycles. The molecule has 0 aliphatic carbocycles. The Morgan fingerprint density at radius 2 is 2.00 bits per heavy atom. The van der Waals surface area contributed by atoms with Crippen molar-refractivity contribution >= 4 is 40.2 Å². The van der Waals surface area contributed by atoms with E-state index in [1.807, 2.05) is 45.0 Å². The Morgan fingerprint density at radius 1 is 1.30 bits per heavy atom. The summed E-state index contributed by atoms with van der Waals surface area (Å²) in [6.07, 6.45) is 0. The van der Waals surface area contributed by atoms with Gasteiger partial charge in [0.1, 0.15) is 10.6 Å². The van der Waals surface area contributed by atoms with Crippen LogP contribution < -0.4 is 0 Å². The quantitative estimate of drug-likeness (QED) is 0.374. The summed E-state index contributed by atoms with van der Waals surface area (Å²) in [6, 6.07) is 7.55. The molecule has 0 unspecified atom stereocenters. The summed E-state index contributed by atoms with van der Waals surface area (Å²) in [6.45, 7) is 5.52. The maximum atomic E-state index is 11.7. The van der Waals surface area contributed by atoms with E-state index in [1.54, 1.807) is 0 Å². The van der Waals surface area contributed by atoms with E-state index in [2.05, 4.69) is 9.97 Å². The highest BCUT2D eigenvalue weighted by atomic mass is 35.5. The van der Waals surface area contributed by atoms with Gasteiger partial charge in [-0.3, -0.25) is 4.79 Å². The second-order valence-corrected chi connectivity index (χ2v) is 6.49. The minimum Gasteiger partial charge on any atom is -0.459 e. The lowest BCUT2D eigenvalue weighted by atomic mass is 10.2. The number of hydrogen-bond acceptors (Lipinski definition) is 5. The third-order valence-corrected chi connectivity index (χ3v) is 3.42. The fourth-order valence-corrected chi connectivity index (χ4v) is 2.65. The molecule has 1 aromatic heterocycles. The Kier molecular flexibility index (Phi) is 4.50. The molecule has 0 amide bonds. The van der Waals surface area contributed by atoms with Crippen LogP contribution in [-0.4, -0.2) is 27.3 Å². The van der Waals surface area contributed by atoms with Gasteiger partial charge in [0.15, 0.2) is 0 Å². The number of carbonyl (C=O) groups is 1. The minimum absolute atomic E-state index is 0.176. The summed E-state index contributed by atoms with van der Waals surface area (Å²) in [5.74, 6) is -0.0875. The van der Waals surface area contributed by atoms with Gasteiger partial charge < -0.3 is 4.74 Å². The van der Waals surface area contributed by atoms with Crippen molar-refractivity contribution < 1.29 is 9.53 Å². The molecule has 106 valence electrons. The third kappa shape index (κ3) is 4.08. The van der Waals surface area contributed by atoms with Crippen LogP contribution in [0.3, 0.4) is 0 Å². The van der Waals surface area contributed by atoms with Crippen LogP contribution in [0, 0.1) is 0 Å². The van der Waals surface area contributed by atoms with Crippen LogP contribution in [0.1, 0.15) is 20.8 Å². The lowest BCUT2D eigenvalue weighted by Crippen LogP contribution is -2.24. The van der Waals surface area contributed by atoms with Crippen LogP contribution >= 0.6 is 23.4 Å². The second-order valence-electron chi connectivity index (χ2n) is 5.19. The van der Waals surface area contributed by atoms with Gasteiger partial charge in [-0.15, -0.1) is 0 Å². The third-order valence-electron chi connectivity index (χ3n) is 2.29. The van der Waals surface area contributed by atoms with E-state index < -0.39 is 5.60 Å². The van der Waals surface area contributed by atoms with Crippen LogP contribution in [0.15, 0.2) is 29.3 Å². The van der Waals surface area contributed by atoms with Gasteiger partial charge in [0.25, 0.3) is 0 Å². The van der Waals surface area contributed by atoms with Crippen LogP contribution in [0.4, 0.5) is 0 Å². The highest BCUT2D eigenvalue weighted by Crippen LogP contribution is 2.26. The number of para-hydroxylation sites is 1. The Morgan fingerprint density at radius 3 is 2.70 bits per heavy atom. The number of hydrogen-bond donors (Lipinski definition) is 0. The zero-order chi connectivity index (χ0) is 14.8. The lowest BCUT2D eigenvalue weighted by molar-refractivity contribution is -0.151. The number of fused-ring (bicyclic) bond motifs is 1. The molecule has 0 atom stereocenters. The normalized spacial score (nSPS) is 11.6. The molecular formula is C14H15ClN2O2S. The smallest absolute Gasteiger partial charge is 0.316 e. The van der Waals surface area contributed by atoms with Crippen molar-refractivity contribution in [2.45, 2.75) is 31.4 Å². The average molecular weight is 311 g/mol. The van der Waals surface area contributed by atoms with Crippen molar-refractivity contribution in [2.75, 3.05) is 5.75 Å². The van der Waals surface area contributed by atoms with E-state index in [0.717, 1.165) is 10.9 Å². The summed E-state index contributed by atoms with van der Waals surface area (Å²) >= 11 is 7.20. The van der Waals surface area contributed by atoms with E-state index in [0.29, 0.717) is 5.03 Å². The fraction of sp³-hybridized carbons (Fsp3) is 0.357. The number of thioether (sulfide) groups is 1. The monoisotopic (exact) mass is 310 g/mol. The Balaban J connectivity index is 2.16. The molecule has 0 N–H and O–H groups in total. The van der Waals surface area contributed by atoms with Gasteiger partial charge in [-0.05, 0) is 38.4 Å². The lowest BCUT2D eigenvalue weighted by Gasteiger charge is -2.19. The van der Waals surface area contributed by atoms with Gasteiger partial charge in [0.2, 0.25) is 5.28 Å². The highest BCUT2D eigenvalue weighted by Gasteiger charge is 2.17. The predicted molar refractivity (Wildman–Crippen MR) is 81.1 cm³/mol. The Bertz CT molecular complexity index is 641. The SMILES string of the molecule is CC(C)(C)OC(=O)CSc1nc(Cl)nc2ccccc12. The number of nitrogens with zero attached hydrogens (tertiary/aromatic N) is 2. The number of rotatable bonds is 3. The zero-order valence-electron chi connectivity index (χ0n) is 11.5. The number of aromatic nitrogens is 2. The van der Waals surface area contributed by atoms with Gasteiger partial charge in [-0.1, -0.05) is 30.0 Å². The topological polar surface area (TPSA) is 52.1 Å². The van der Waals surface area contributed by atoms with Crippen molar-refractivity contribution in [3.05, 3.63) is 29.5 Å². The molecular weight excluding hydrogens is 296 g/mol. The van der Waals surface area contributed by atoms with E-state index >= 15 is 0 Å². The van der Waals surface area contributed by atoms with Crippen LogP contribution in [-0.2, 0) is 9.53 Å². The van der Waals surface area contributed by atoms with E-state index in [4.69, 9.17) is 16.3 Å². The standard InChI is InChI=1S/C14H15ClN2O2S/c1-14(2,3)19-11(18)8-20-12-9-6-4-5-7-10(9)16-13(15)17-12/h4-7H,8H2,1-3H3. The molecule has 0 aliphatic heterocycles. The summed E-state index contributed by atoms with van der Waals surface area (Å²) in [5, 5.41) is 1.74. The average Bonchev–Trinajstić information content (AvgIpc) is 2.33. The molecule has 0 aliphatic rings. The summed E-state index contributed by atoms with van der Waals surface area (Å²) in [7, 11) is 0. The van der Waals surface area contributed by atoms with E-state index in [-0.39, 0.29) is 17.0 Å². The fourth-order valence-electron chi connectivity index (χ4n) is 1.63. The summed E-state index contributed by atoms with van der Waals surface area (Å²) < 4.78 is 5.27. The number of carbonyl (C=O) groups excluding carboxylic acids is 1. The maximum absolute atomic E-state index is 11.7. The van der Waals surface area contributed by atoms with Crippen molar-refractivity contribution in [3.8, 4) is 0 Å². The maximum Gasteiger partial charge on any atom is 0.316 e. The van der Waals surface area contributed by atoms with Gasteiger partial charge in [0, 0.05) is 5.39 Å². The van der Waals surface area contributed by atoms with Gasteiger partial charge in [0.05, 0.1) is 11.3 Å². The van der Waals surface area contributed by atoms with Gasteiger partial charge in [-0.25, -0.2) is 9.97 Å². The van der Waals surface area contributed by atoms with Crippen LogP contribution in [0.25, 0.3) is 10.9 Å².